The summed E-state index contributed by atoms with van der Waals surface area (Å²) in [5, 5.41) is 13.7. The number of hydrogen-bond acceptors (Lipinski definition) is 4. The van der Waals surface area contributed by atoms with Crippen molar-refractivity contribution < 1.29 is 14.6 Å². The quantitative estimate of drug-likeness (QED) is 0.590. The van der Waals surface area contributed by atoms with E-state index in [1.54, 1.807) is 18.2 Å². The zero-order valence-corrected chi connectivity index (χ0v) is 15.6. The van der Waals surface area contributed by atoms with Gasteiger partial charge in [-0.1, -0.05) is 34.8 Å². The highest BCUT2D eigenvalue weighted by atomic mass is 35.5. The maximum atomic E-state index is 9.59. The number of hydrogen-bond donors (Lipinski definition) is 2. The van der Waals surface area contributed by atoms with Gasteiger partial charge in [-0.25, -0.2) is 0 Å². The molecule has 7 heteroatoms. The average molecular weight is 391 g/mol. The minimum absolute atomic E-state index is 0.137. The van der Waals surface area contributed by atoms with E-state index in [-0.39, 0.29) is 15.8 Å². The van der Waals surface area contributed by atoms with Crippen LogP contribution in [0.4, 0.5) is 5.69 Å². The van der Waals surface area contributed by atoms with Gasteiger partial charge in [-0.05, 0) is 37.6 Å². The Morgan fingerprint density at radius 3 is 1.96 bits per heavy atom. The number of phenolic OH excluding ortho intramolecular Hbond substituents is 1. The lowest BCUT2D eigenvalue weighted by molar-refractivity contribution is 0.287. The summed E-state index contributed by atoms with van der Waals surface area (Å²) >= 11 is 18.2. The lowest BCUT2D eigenvalue weighted by Crippen LogP contribution is -2.03. The fourth-order valence-corrected chi connectivity index (χ4v) is 2.82. The molecule has 2 N–H and O–H groups in total. The first-order valence-corrected chi connectivity index (χ1v) is 8.59. The fraction of sp³-hybridized carbons (Fsp3) is 0.294. The van der Waals surface area contributed by atoms with Gasteiger partial charge in [0, 0.05) is 23.3 Å². The first kappa shape index (κ1) is 18.8. The van der Waals surface area contributed by atoms with Crippen LogP contribution in [0.3, 0.4) is 0 Å². The topological polar surface area (TPSA) is 50.7 Å². The molecule has 0 radical (unpaired) electrons. The summed E-state index contributed by atoms with van der Waals surface area (Å²) in [5.74, 6) is 1.12. The standard InChI is InChI=1S/C17H18Cl3NO3/c1-3-23-15-5-10(12(18)8-16(15)24-4-2)9-21-11-6-13(19)17(22)14(20)7-11/h5-8,21-22H,3-4,9H2,1-2H3. The van der Waals surface area contributed by atoms with Gasteiger partial charge in [0.15, 0.2) is 17.2 Å². The van der Waals surface area contributed by atoms with Gasteiger partial charge in [0.05, 0.1) is 23.3 Å². The van der Waals surface area contributed by atoms with Crippen LogP contribution in [0.1, 0.15) is 19.4 Å². The third kappa shape index (κ3) is 4.53. The van der Waals surface area contributed by atoms with Gasteiger partial charge in [0.25, 0.3) is 0 Å². The highest BCUT2D eigenvalue weighted by Crippen LogP contribution is 2.36. The van der Waals surface area contributed by atoms with Gasteiger partial charge in [-0.3, -0.25) is 0 Å². The Hall–Kier alpha value is -1.49. The Kier molecular flexibility index (Phi) is 6.72. The molecule has 0 saturated carbocycles. The first-order valence-electron chi connectivity index (χ1n) is 7.46. The van der Waals surface area contributed by atoms with Crippen molar-refractivity contribution in [3.8, 4) is 17.2 Å². The van der Waals surface area contributed by atoms with Crippen molar-refractivity contribution in [2.24, 2.45) is 0 Å². The predicted octanol–water partition coefficient (Wildman–Crippen LogP) is 5.76. The van der Waals surface area contributed by atoms with Gasteiger partial charge in [-0.2, -0.15) is 0 Å². The molecule has 2 aromatic rings. The maximum Gasteiger partial charge on any atom is 0.162 e. The van der Waals surface area contributed by atoms with Crippen molar-refractivity contribution in [2.75, 3.05) is 18.5 Å². The minimum atomic E-state index is -0.137. The van der Waals surface area contributed by atoms with Gasteiger partial charge in [0.1, 0.15) is 0 Å². The Labute approximate surface area is 156 Å². The van der Waals surface area contributed by atoms with Gasteiger partial charge >= 0.3 is 0 Å². The summed E-state index contributed by atoms with van der Waals surface area (Å²) in [4.78, 5) is 0. The van der Waals surface area contributed by atoms with Crippen LogP contribution in [0, 0.1) is 0 Å². The third-order valence-corrected chi connectivity index (χ3v) is 4.14. The lowest BCUT2D eigenvalue weighted by atomic mass is 10.2. The van der Waals surface area contributed by atoms with E-state index in [4.69, 9.17) is 44.3 Å². The van der Waals surface area contributed by atoms with Crippen LogP contribution in [-0.2, 0) is 6.54 Å². The monoisotopic (exact) mass is 389 g/mol. The second-order valence-corrected chi connectivity index (χ2v) is 6.12. The summed E-state index contributed by atoms with van der Waals surface area (Å²) in [6, 6.07) is 6.76. The largest absolute Gasteiger partial charge is 0.505 e. The maximum absolute atomic E-state index is 9.59. The number of aromatic hydroxyl groups is 1. The predicted molar refractivity (Wildman–Crippen MR) is 99.2 cm³/mol. The van der Waals surface area contributed by atoms with Crippen LogP contribution in [0.15, 0.2) is 24.3 Å². The van der Waals surface area contributed by atoms with E-state index in [0.29, 0.717) is 42.0 Å². The van der Waals surface area contributed by atoms with Gasteiger partial charge in [0.2, 0.25) is 0 Å². The zero-order chi connectivity index (χ0) is 17.7. The van der Waals surface area contributed by atoms with Crippen molar-refractivity contribution in [1.29, 1.82) is 0 Å². The van der Waals surface area contributed by atoms with E-state index in [2.05, 4.69) is 5.32 Å². The summed E-state index contributed by atoms with van der Waals surface area (Å²) < 4.78 is 11.1. The Bertz CT molecular complexity index is 699. The Morgan fingerprint density at radius 1 is 0.875 bits per heavy atom. The molecular formula is C17H18Cl3NO3. The van der Waals surface area contributed by atoms with E-state index < -0.39 is 0 Å². The second-order valence-electron chi connectivity index (χ2n) is 4.90. The highest BCUT2D eigenvalue weighted by Gasteiger charge is 2.12. The molecule has 0 heterocycles. The molecule has 0 aromatic heterocycles. The van der Waals surface area contributed by atoms with Crippen molar-refractivity contribution in [3.63, 3.8) is 0 Å². The molecule has 0 unspecified atom stereocenters. The van der Waals surface area contributed by atoms with Crippen LogP contribution >= 0.6 is 34.8 Å². The Morgan fingerprint density at radius 2 is 1.42 bits per heavy atom. The van der Waals surface area contributed by atoms with Crippen LogP contribution in [0.2, 0.25) is 15.1 Å². The molecule has 0 aliphatic carbocycles. The molecular weight excluding hydrogens is 373 g/mol. The molecule has 2 rings (SSSR count). The number of halogens is 3. The van der Waals surface area contributed by atoms with Crippen LogP contribution in [0.25, 0.3) is 0 Å². The van der Waals surface area contributed by atoms with Crippen LogP contribution < -0.4 is 14.8 Å². The van der Waals surface area contributed by atoms with E-state index in [1.807, 2.05) is 19.9 Å². The molecule has 0 spiro atoms. The summed E-state index contributed by atoms with van der Waals surface area (Å²) in [6.45, 7) is 5.29. The van der Waals surface area contributed by atoms with E-state index in [1.165, 1.54) is 0 Å². The van der Waals surface area contributed by atoms with Crippen LogP contribution in [-0.4, -0.2) is 18.3 Å². The molecule has 0 atom stereocenters. The normalized spacial score (nSPS) is 10.5. The van der Waals surface area contributed by atoms with E-state index in [9.17, 15) is 5.11 Å². The minimum Gasteiger partial charge on any atom is -0.505 e. The number of phenols is 1. The number of ether oxygens (including phenoxy) is 2. The Balaban J connectivity index is 2.21. The second kappa shape index (κ2) is 8.56. The average Bonchev–Trinajstić information content (AvgIpc) is 2.54. The molecule has 0 saturated heterocycles. The number of anilines is 1. The number of benzene rings is 2. The van der Waals surface area contributed by atoms with Crippen LogP contribution in [0.5, 0.6) is 17.2 Å². The molecule has 24 heavy (non-hydrogen) atoms. The molecule has 130 valence electrons. The molecule has 0 aliphatic rings. The summed E-state index contributed by atoms with van der Waals surface area (Å²) in [5.41, 5.74) is 1.51. The number of nitrogens with one attached hydrogen (secondary N) is 1. The molecule has 4 nitrogen and oxygen atoms in total. The SMILES string of the molecule is CCOc1cc(Cl)c(CNc2cc(Cl)c(O)c(Cl)c2)cc1OCC. The fourth-order valence-electron chi connectivity index (χ4n) is 2.11. The van der Waals surface area contributed by atoms with E-state index >= 15 is 0 Å². The molecule has 0 aliphatic heterocycles. The van der Waals surface area contributed by atoms with Gasteiger partial charge < -0.3 is 19.9 Å². The molecule has 0 bridgehead atoms. The van der Waals surface area contributed by atoms with Crippen molar-refractivity contribution in [2.45, 2.75) is 20.4 Å². The first-order chi connectivity index (χ1) is 11.5. The summed E-state index contributed by atoms with van der Waals surface area (Å²) in [7, 11) is 0. The van der Waals surface area contributed by atoms with Gasteiger partial charge in [-0.15, -0.1) is 0 Å². The van der Waals surface area contributed by atoms with Crippen molar-refractivity contribution >= 4 is 40.5 Å². The molecule has 0 amide bonds. The zero-order valence-electron chi connectivity index (χ0n) is 13.3. The molecule has 2 aromatic carbocycles. The highest BCUT2D eigenvalue weighted by molar-refractivity contribution is 6.37. The number of rotatable bonds is 7. The van der Waals surface area contributed by atoms with Crippen molar-refractivity contribution in [1.82, 2.24) is 0 Å². The third-order valence-electron chi connectivity index (χ3n) is 3.21. The lowest BCUT2D eigenvalue weighted by Gasteiger charge is -2.15. The van der Waals surface area contributed by atoms with E-state index in [0.717, 1.165) is 5.56 Å². The summed E-state index contributed by atoms with van der Waals surface area (Å²) in [6.07, 6.45) is 0. The molecule has 0 fully saturated rings. The van der Waals surface area contributed by atoms with Crippen molar-refractivity contribution in [3.05, 3.63) is 44.9 Å². The smallest absolute Gasteiger partial charge is 0.162 e.